The third-order valence-electron chi connectivity index (χ3n) is 5.59. The minimum atomic E-state index is -0.677. The van der Waals surface area contributed by atoms with Crippen LogP contribution in [0.25, 0.3) is 0 Å². The summed E-state index contributed by atoms with van der Waals surface area (Å²) in [5.41, 5.74) is 0.0793. The highest BCUT2D eigenvalue weighted by Crippen LogP contribution is 2.52. The zero-order valence-corrected chi connectivity index (χ0v) is 15.6. The second-order valence-corrected chi connectivity index (χ2v) is 7.25. The third kappa shape index (κ3) is 3.02. The topological polar surface area (TPSA) is 84.9 Å². The van der Waals surface area contributed by atoms with E-state index in [4.69, 9.17) is 9.47 Å². The summed E-state index contributed by atoms with van der Waals surface area (Å²) in [4.78, 5) is 37.6. The molecule has 1 spiro atoms. The fourth-order valence-corrected chi connectivity index (χ4v) is 4.36. The van der Waals surface area contributed by atoms with Crippen molar-refractivity contribution in [3.05, 3.63) is 36.4 Å². The molecule has 3 aliphatic heterocycles. The van der Waals surface area contributed by atoms with Crippen LogP contribution in [0.3, 0.4) is 0 Å². The van der Waals surface area contributed by atoms with E-state index in [1.165, 1.54) is 6.33 Å². The van der Waals surface area contributed by atoms with Crippen molar-refractivity contribution in [2.45, 2.75) is 25.2 Å². The van der Waals surface area contributed by atoms with Gasteiger partial charge in [0.05, 0.1) is 43.3 Å². The number of fused-ring (bicyclic) bond motifs is 1. The molecule has 2 bridgehead atoms. The van der Waals surface area contributed by atoms with Gasteiger partial charge in [-0.1, -0.05) is 12.2 Å². The molecule has 0 unspecified atom stereocenters. The Morgan fingerprint density at radius 1 is 1.52 bits per heavy atom. The Morgan fingerprint density at radius 2 is 2.37 bits per heavy atom. The lowest BCUT2D eigenvalue weighted by atomic mass is 9.76. The van der Waals surface area contributed by atoms with Crippen LogP contribution in [-0.4, -0.2) is 76.6 Å². The predicted molar refractivity (Wildman–Crippen MR) is 95.3 cm³/mol. The molecule has 0 aliphatic carbocycles. The Bertz CT molecular complexity index is 755. The van der Waals surface area contributed by atoms with Crippen molar-refractivity contribution in [3.63, 3.8) is 0 Å². The minimum Gasteiger partial charge on any atom is -0.380 e. The van der Waals surface area contributed by atoms with E-state index in [9.17, 15) is 9.59 Å². The Morgan fingerprint density at radius 3 is 3.11 bits per heavy atom. The number of hydrogen-bond acceptors (Lipinski definition) is 6. The molecule has 4 rings (SSSR count). The van der Waals surface area contributed by atoms with Crippen LogP contribution >= 0.6 is 0 Å². The average Bonchev–Trinajstić information content (AvgIpc) is 3.31. The van der Waals surface area contributed by atoms with Gasteiger partial charge in [-0.3, -0.25) is 9.59 Å². The van der Waals surface area contributed by atoms with E-state index in [0.29, 0.717) is 32.8 Å². The Labute approximate surface area is 158 Å². The summed E-state index contributed by atoms with van der Waals surface area (Å²) in [6.45, 7) is 4.40. The van der Waals surface area contributed by atoms with Gasteiger partial charge in [0, 0.05) is 26.4 Å². The molecule has 0 N–H and O–H groups in total. The quantitative estimate of drug-likeness (QED) is 0.504. The largest absolute Gasteiger partial charge is 0.380 e. The van der Waals surface area contributed by atoms with Crippen LogP contribution in [0.15, 0.2) is 30.7 Å². The molecule has 0 aromatic carbocycles. The normalized spacial score (nSPS) is 30.8. The smallest absolute Gasteiger partial charge is 0.230 e. The molecule has 1 aromatic rings. The number of nitrogens with zero attached hydrogens (tertiary/aromatic N) is 4. The predicted octanol–water partition coefficient (Wildman–Crippen LogP) is 0.254. The van der Waals surface area contributed by atoms with Crippen molar-refractivity contribution in [1.82, 2.24) is 19.8 Å². The molecule has 3 aliphatic rings. The van der Waals surface area contributed by atoms with Crippen molar-refractivity contribution in [2.75, 3.05) is 33.4 Å². The highest BCUT2D eigenvalue weighted by Gasteiger charge is 2.66. The lowest BCUT2D eigenvalue weighted by Gasteiger charge is -2.27. The molecular weight excluding hydrogens is 348 g/mol. The number of ether oxygens (including phenoxy) is 2. The van der Waals surface area contributed by atoms with Gasteiger partial charge in [-0.15, -0.1) is 0 Å². The van der Waals surface area contributed by atoms with Crippen molar-refractivity contribution in [1.29, 1.82) is 0 Å². The molecule has 0 radical (unpaired) electrons. The van der Waals surface area contributed by atoms with Gasteiger partial charge < -0.3 is 19.3 Å². The number of carbonyl (C=O) groups excluding carboxylic acids is 2. The van der Waals surface area contributed by atoms with Crippen LogP contribution in [0.5, 0.6) is 0 Å². The Balaban J connectivity index is 1.49. The lowest BCUT2D eigenvalue weighted by molar-refractivity contribution is -0.143. The van der Waals surface area contributed by atoms with Crippen LogP contribution in [-0.2, 0) is 25.6 Å². The third-order valence-corrected chi connectivity index (χ3v) is 5.59. The maximum atomic E-state index is 13.2. The maximum Gasteiger partial charge on any atom is 0.230 e. The van der Waals surface area contributed by atoms with Crippen molar-refractivity contribution in [3.8, 4) is 0 Å². The lowest BCUT2D eigenvalue weighted by Crippen LogP contribution is -2.44. The molecule has 8 nitrogen and oxygen atoms in total. The van der Waals surface area contributed by atoms with Gasteiger partial charge in [-0.2, -0.15) is 0 Å². The van der Waals surface area contributed by atoms with Crippen LogP contribution in [0.2, 0.25) is 0 Å². The number of likely N-dealkylation sites (tertiary alicyclic amines) is 1. The summed E-state index contributed by atoms with van der Waals surface area (Å²) in [6, 6.07) is 1.78. The van der Waals surface area contributed by atoms with Crippen molar-refractivity contribution in [2.24, 2.45) is 11.8 Å². The molecule has 1 aromatic heterocycles. The van der Waals surface area contributed by atoms with Crippen molar-refractivity contribution >= 4 is 11.8 Å². The van der Waals surface area contributed by atoms with Crippen LogP contribution in [0, 0.1) is 11.8 Å². The second kappa shape index (κ2) is 7.01. The van der Waals surface area contributed by atoms with Gasteiger partial charge in [0.25, 0.3) is 0 Å². The highest BCUT2D eigenvalue weighted by molar-refractivity contribution is 5.93. The fraction of sp³-hybridized carbons (Fsp3) is 0.579. The van der Waals surface area contributed by atoms with Gasteiger partial charge >= 0.3 is 0 Å². The van der Waals surface area contributed by atoms with E-state index in [2.05, 4.69) is 9.97 Å². The molecule has 2 amide bonds. The van der Waals surface area contributed by atoms with E-state index in [0.717, 1.165) is 5.69 Å². The first-order valence-electron chi connectivity index (χ1n) is 9.29. The zero-order chi connectivity index (χ0) is 19.0. The summed E-state index contributed by atoms with van der Waals surface area (Å²) in [5.74, 6) is -1.06. The van der Waals surface area contributed by atoms with Crippen LogP contribution in [0.1, 0.15) is 12.6 Å². The molecule has 2 saturated heterocycles. The molecular formula is C19H24N4O4. The molecule has 4 atom stereocenters. The molecule has 4 heterocycles. The first-order valence-corrected chi connectivity index (χ1v) is 9.29. The van der Waals surface area contributed by atoms with E-state index in [1.54, 1.807) is 29.1 Å². The minimum absolute atomic E-state index is 0.0182. The van der Waals surface area contributed by atoms with E-state index in [1.807, 2.05) is 19.1 Å². The standard InChI is InChI=1S/C19H24N4O4/c1-3-26-9-8-23-11-19-6-4-14(27-19)15(16(19)18(23)25)17(24)22(2)10-13-5-7-20-12-21-13/h4-7,12,14-16H,3,8-11H2,1-2H3/t14-,15-,16+,19-/m0/s1. The van der Waals surface area contributed by atoms with Gasteiger partial charge in [-0.25, -0.2) is 9.97 Å². The molecule has 27 heavy (non-hydrogen) atoms. The second-order valence-electron chi connectivity index (χ2n) is 7.25. The monoisotopic (exact) mass is 372 g/mol. The van der Waals surface area contributed by atoms with Crippen LogP contribution < -0.4 is 0 Å². The van der Waals surface area contributed by atoms with E-state index in [-0.39, 0.29) is 17.9 Å². The number of hydrogen-bond donors (Lipinski definition) is 0. The van der Waals surface area contributed by atoms with Gasteiger partial charge in [0.1, 0.15) is 11.9 Å². The fourth-order valence-electron chi connectivity index (χ4n) is 4.36. The molecule has 0 saturated carbocycles. The average molecular weight is 372 g/mol. The molecule has 2 fully saturated rings. The van der Waals surface area contributed by atoms with Gasteiger partial charge in [-0.05, 0) is 13.0 Å². The first kappa shape index (κ1) is 18.1. The van der Waals surface area contributed by atoms with E-state index >= 15 is 0 Å². The van der Waals surface area contributed by atoms with E-state index < -0.39 is 17.4 Å². The zero-order valence-electron chi connectivity index (χ0n) is 15.6. The number of amides is 2. The number of aromatic nitrogens is 2. The molecule has 144 valence electrons. The number of carbonyl (C=O) groups is 2. The Hall–Kier alpha value is -2.32. The maximum absolute atomic E-state index is 13.2. The Kier molecular flexibility index (Phi) is 4.69. The summed E-state index contributed by atoms with van der Waals surface area (Å²) < 4.78 is 11.5. The first-order chi connectivity index (χ1) is 13.1. The summed E-state index contributed by atoms with van der Waals surface area (Å²) in [7, 11) is 1.74. The van der Waals surface area contributed by atoms with Crippen LogP contribution in [0.4, 0.5) is 0 Å². The van der Waals surface area contributed by atoms with Gasteiger partial charge in [0.2, 0.25) is 11.8 Å². The summed E-state index contributed by atoms with van der Waals surface area (Å²) in [6.07, 6.45) is 6.67. The van der Waals surface area contributed by atoms with Crippen molar-refractivity contribution < 1.29 is 19.1 Å². The highest BCUT2D eigenvalue weighted by atomic mass is 16.5. The molecule has 8 heteroatoms. The van der Waals surface area contributed by atoms with Gasteiger partial charge in [0.15, 0.2) is 0 Å². The number of rotatable bonds is 7. The summed E-state index contributed by atoms with van der Waals surface area (Å²) in [5, 5.41) is 0. The SMILES string of the molecule is CCOCCN1C[C@]23C=C[C@H](O2)[C@H](C(=O)N(C)Cc2ccncn2)[C@@H]3C1=O. The summed E-state index contributed by atoms with van der Waals surface area (Å²) >= 11 is 0.